The second-order valence-electron chi connectivity index (χ2n) is 7.52. The average Bonchev–Trinajstić information content (AvgIpc) is 3.37. The molecule has 0 saturated carbocycles. The molecule has 162 valence electrons. The van der Waals surface area contributed by atoms with E-state index in [4.69, 9.17) is 21.4 Å². The Morgan fingerprint density at radius 1 is 1.32 bits per heavy atom. The van der Waals surface area contributed by atoms with Gasteiger partial charge in [-0.2, -0.15) is 4.80 Å². The van der Waals surface area contributed by atoms with Crippen molar-refractivity contribution in [2.75, 3.05) is 18.0 Å². The second-order valence-corrected chi connectivity index (χ2v) is 8.89. The lowest BCUT2D eigenvalue weighted by Crippen LogP contribution is -2.50. The Bertz CT molecular complexity index is 1130. The maximum absolute atomic E-state index is 14.9. The van der Waals surface area contributed by atoms with Crippen LogP contribution in [-0.2, 0) is 11.3 Å². The largest absolute Gasteiger partial charge is 0.487 e. The quantitative estimate of drug-likeness (QED) is 0.620. The first-order valence-corrected chi connectivity index (χ1v) is 10.8. The molecule has 1 atom stereocenters. The lowest BCUT2D eigenvalue weighted by molar-refractivity contribution is -0.138. The fourth-order valence-corrected chi connectivity index (χ4v) is 5.08. The third-order valence-corrected chi connectivity index (χ3v) is 6.79. The van der Waals surface area contributed by atoms with Crippen LogP contribution in [0.2, 0.25) is 5.02 Å². The smallest absolute Gasteiger partial charge is 0.327 e. The van der Waals surface area contributed by atoms with Gasteiger partial charge in [0.2, 0.25) is 11.0 Å². The Kier molecular flexibility index (Phi) is 4.97. The number of hydrogen-bond donors (Lipinski definition) is 1. The second kappa shape index (κ2) is 7.68. The summed E-state index contributed by atoms with van der Waals surface area (Å²) in [6.07, 6.45) is 0.398. The van der Waals surface area contributed by atoms with Crippen LogP contribution in [0.4, 0.5) is 9.52 Å². The maximum Gasteiger partial charge on any atom is 0.327 e. The third kappa shape index (κ3) is 3.81. The number of carboxylic acids is 1. The van der Waals surface area contributed by atoms with E-state index in [-0.39, 0.29) is 18.8 Å². The molecule has 1 saturated heterocycles. The van der Waals surface area contributed by atoms with Crippen LogP contribution in [0.15, 0.2) is 18.2 Å². The summed E-state index contributed by atoms with van der Waals surface area (Å²) >= 11 is 7.46. The van der Waals surface area contributed by atoms with Gasteiger partial charge in [0, 0.05) is 37.9 Å². The summed E-state index contributed by atoms with van der Waals surface area (Å²) in [5.41, 5.74) is -0.128. The molecule has 2 aromatic heterocycles. The van der Waals surface area contributed by atoms with Gasteiger partial charge in [-0.25, -0.2) is 4.39 Å². The number of carbonyl (C=O) groups is 1. The van der Waals surface area contributed by atoms with Crippen LogP contribution in [0.5, 0.6) is 5.75 Å². The van der Waals surface area contributed by atoms with Crippen LogP contribution in [0.3, 0.4) is 0 Å². The summed E-state index contributed by atoms with van der Waals surface area (Å²) in [6, 6.07) is 5.22. The number of tetrazole rings is 1. The van der Waals surface area contributed by atoms with Gasteiger partial charge in [0.1, 0.15) is 17.5 Å². The molecule has 1 aromatic carbocycles. The molecule has 0 bridgehead atoms. The van der Waals surface area contributed by atoms with Crippen LogP contribution in [0.25, 0.3) is 10.8 Å². The third-order valence-electron chi connectivity index (χ3n) is 5.48. The van der Waals surface area contributed by atoms with E-state index in [0.717, 1.165) is 4.80 Å². The van der Waals surface area contributed by atoms with E-state index >= 15 is 0 Å². The predicted octanol–water partition coefficient (Wildman–Crippen LogP) is 2.76. The van der Waals surface area contributed by atoms with E-state index in [1.165, 1.54) is 11.3 Å². The number of carboxylic acid groups (broad SMARTS) is 1. The van der Waals surface area contributed by atoms with Crippen LogP contribution in [0, 0.1) is 0 Å². The summed E-state index contributed by atoms with van der Waals surface area (Å²) in [7, 11) is 0. The zero-order chi connectivity index (χ0) is 21.6. The summed E-state index contributed by atoms with van der Waals surface area (Å²) in [5.74, 6) is -0.314. The van der Waals surface area contributed by atoms with E-state index in [0.29, 0.717) is 52.4 Å². The van der Waals surface area contributed by atoms with E-state index in [1.807, 2.05) is 0 Å². The fourth-order valence-electron chi connectivity index (χ4n) is 3.98. The van der Waals surface area contributed by atoms with Crippen molar-refractivity contribution >= 4 is 34.0 Å². The first-order chi connectivity index (χ1) is 14.9. The van der Waals surface area contributed by atoms with Crippen molar-refractivity contribution in [2.45, 2.75) is 37.6 Å². The first kappa shape index (κ1) is 20.1. The van der Waals surface area contributed by atoms with Gasteiger partial charge in [0.05, 0.1) is 5.02 Å². The van der Waals surface area contributed by atoms with E-state index in [2.05, 4.69) is 30.5 Å². The highest BCUT2D eigenvalue weighted by molar-refractivity contribution is 7.18. The topological polar surface area (TPSA) is 119 Å². The number of fused-ring (bicyclic) bond motifs is 1. The van der Waals surface area contributed by atoms with Crippen molar-refractivity contribution < 1.29 is 19.0 Å². The molecule has 1 N–H and O–H groups in total. The van der Waals surface area contributed by atoms with Crippen molar-refractivity contribution in [3.8, 4) is 16.6 Å². The molecule has 1 unspecified atom stereocenters. The van der Waals surface area contributed by atoms with Gasteiger partial charge in [-0.15, -0.1) is 20.4 Å². The van der Waals surface area contributed by atoms with Gasteiger partial charge in [0.25, 0.3) is 0 Å². The molecular formula is C18H17ClFN7O3S. The number of piperidine rings is 1. The van der Waals surface area contributed by atoms with Gasteiger partial charge in [-0.3, -0.25) is 4.79 Å². The zero-order valence-electron chi connectivity index (χ0n) is 16.1. The normalized spacial score (nSPS) is 19.8. The van der Waals surface area contributed by atoms with Crippen LogP contribution in [-0.4, -0.2) is 60.2 Å². The van der Waals surface area contributed by atoms with Gasteiger partial charge >= 0.3 is 5.97 Å². The minimum Gasteiger partial charge on any atom is -0.487 e. The van der Waals surface area contributed by atoms with Crippen molar-refractivity contribution in [2.24, 2.45) is 0 Å². The van der Waals surface area contributed by atoms with E-state index < -0.39 is 17.7 Å². The molecule has 3 aromatic rings. The maximum atomic E-state index is 14.9. The number of nitrogens with zero attached hydrogens (tertiary/aromatic N) is 7. The molecule has 5 rings (SSSR count). The molecule has 0 aliphatic carbocycles. The van der Waals surface area contributed by atoms with Gasteiger partial charge in [-0.05, 0) is 17.3 Å². The van der Waals surface area contributed by atoms with Gasteiger partial charge in [-0.1, -0.05) is 29.0 Å². The summed E-state index contributed by atoms with van der Waals surface area (Å²) in [5, 5.41) is 30.2. The van der Waals surface area contributed by atoms with Crippen molar-refractivity contribution in [3.05, 3.63) is 28.8 Å². The molecule has 31 heavy (non-hydrogen) atoms. The number of ether oxygens (including phenoxy) is 1. The zero-order valence-corrected chi connectivity index (χ0v) is 17.7. The Morgan fingerprint density at radius 3 is 2.90 bits per heavy atom. The number of halogens is 2. The van der Waals surface area contributed by atoms with Crippen LogP contribution in [0.1, 0.15) is 31.0 Å². The highest BCUT2D eigenvalue weighted by atomic mass is 35.5. The number of anilines is 1. The lowest BCUT2D eigenvalue weighted by Gasteiger charge is -2.45. The highest BCUT2D eigenvalue weighted by Crippen LogP contribution is 2.48. The minimum absolute atomic E-state index is 0.225. The Balaban J connectivity index is 1.27. The Morgan fingerprint density at radius 2 is 2.13 bits per heavy atom. The minimum atomic E-state index is -1.16. The molecule has 2 aliphatic rings. The average molecular weight is 466 g/mol. The number of aromatic nitrogens is 6. The Labute approximate surface area is 184 Å². The molecular weight excluding hydrogens is 449 g/mol. The standard InChI is InChI=1S/C18H17ClFN7O3S/c19-10-2-1-3-12-14(10)11(20)8-18(30-12)4-6-26(7-5-18)17-23-22-16(31-17)15-21-25-27(24-15)9-13(28)29/h1-3,11H,4-9H2,(H,28,29). The summed E-state index contributed by atoms with van der Waals surface area (Å²) in [4.78, 5) is 13.8. The van der Waals surface area contributed by atoms with Crippen molar-refractivity contribution in [1.82, 2.24) is 30.4 Å². The molecule has 0 amide bonds. The van der Waals surface area contributed by atoms with Crippen molar-refractivity contribution in [1.29, 1.82) is 0 Å². The van der Waals surface area contributed by atoms with Gasteiger partial charge < -0.3 is 14.7 Å². The molecule has 4 heterocycles. The molecule has 10 nitrogen and oxygen atoms in total. The van der Waals surface area contributed by atoms with Gasteiger partial charge in [0.15, 0.2) is 11.6 Å². The van der Waals surface area contributed by atoms with E-state index in [1.54, 1.807) is 18.2 Å². The first-order valence-electron chi connectivity index (χ1n) is 9.62. The molecule has 1 fully saturated rings. The lowest BCUT2D eigenvalue weighted by atomic mass is 9.82. The Hall–Kier alpha value is -2.86. The van der Waals surface area contributed by atoms with Crippen molar-refractivity contribution in [3.63, 3.8) is 0 Å². The molecule has 1 spiro atoms. The predicted molar refractivity (Wildman–Crippen MR) is 109 cm³/mol. The molecule has 0 radical (unpaired) electrons. The number of benzene rings is 1. The molecule has 2 aliphatic heterocycles. The summed E-state index contributed by atoms with van der Waals surface area (Å²) in [6.45, 7) is 0.892. The number of alkyl halides is 1. The number of rotatable bonds is 4. The summed E-state index contributed by atoms with van der Waals surface area (Å²) < 4.78 is 21.1. The fraction of sp³-hybridized carbons (Fsp3) is 0.444. The number of aliphatic carboxylic acids is 1. The van der Waals surface area contributed by atoms with Crippen LogP contribution >= 0.6 is 22.9 Å². The monoisotopic (exact) mass is 465 g/mol. The number of hydrogen-bond acceptors (Lipinski definition) is 9. The van der Waals surface area contributed by atoms with E-state index in [9.17, 15) is 9.18 Å². The molecule has 13 heteroatoms. The highest BCUT2D eigenvalue weighted by Gasteiger charge is 2.44. The SMILES string of the molecule is O=C(O)Cn1nnc(-c2nnc(N3CCC4(CC3)CC(F)c3c(Cl)cccc3O4)s2)n1. The van der Waals surface area contributed by atoms with Crippen LogP contribution < -0.4 is 9.64 Å².